The van der Waals surface area contributed by atoms with Crippen molar-refractivity contribution in [2.75, 3.05) is 13.2 Å². The monoisotopic (exact) mass is 247 g/mol. The summed E-state index contributed by atoms with van der Waals surface area (Å²) in [7, 11) is 0. The Morgan fingerprint density at radius 2 is 1.62 bits per heavy atom. The number of ether oxygens (including phenoxy) is 1. The molecule has 0 radical (unpaired) electrons. The Bertz CT molecular complexity index is 165. The predicted molar refractivity (Wildman–Crippen MR) is 70.6 cm³/mol. The van der Waals surface area contributed by atoms with Crippen molar-refractivity contribution in [3.05, 3.63) is 0 Å². The van der Waals surface area contributed by atoms with Gasteiger partial charge in [-0.1, -0.05) is 64.7 Å². The lowest BCUT2D eigenvalue weighted by atomic mass is 10.1. The van der Waals surface area contributed by atoms with Gasteiger partial charge in [0.15, 0.2) is 0 Å². The molecule has 0 aromatic rings. The van der Waals surface area contributed by atoms with E-state index >= 15 is 0 Å². The Hall–Kier alpha value is -0.220. The van der Waals surface area contributed by atoms with E-state index in [-0.39, 0.29) is 12.5 Å². The van der Waals surface area contributed by atoms with Crippen LogP contribution in [-0.2, 0) is 9.53 Å². The zero-order chi connectivity index (χ0) is 12.1. The Labute approximate surface area is 105 Å². The number of thiol groups is 1. The summed E-state index contributed by atoms with van der Waals surface area (Å²) in [5, 5.41) is 0. The van der Waals surface area contributed by atoms with E-state index in [1.165, 1.54) is 44.9 Å². The number of amides is 1. The molecule has 0 aromatic heterocycles. The van der Waals surface area contributed by atoms with Crippen molar-refractivity contribution in [2.24, 2.45) is 0 Å². The molecule has 3 nitrogen and oxygen atoms in total. The van der Waals surface area contributed by atoms with Crippen LogP contribution < -0.4 is 4.72 Å². The van der Waals surface area contributed by atoms with Gasteiger partial charge in [-0.25, -0.2) is 0 Å². The van der Waals surface area contributed by atoms with Crippen LogP contribution in [0.2, 0.25) is 0 Å². The Balaban J connectivity index is 2.96. The maximum atomic E-state index is 10.7. The maximum absolute atomic E-state index is 10.7. The summed E-state index contributed by atoms with van der Waals surface area (Å²) >= 11 is 3.64. The summed E-state index contributed by atoms with van der Waals surface area (Å²) in [5.41, 5.74) is 0. The zero-order valence-electron chi connectivity index (χ0n) is 10.3. The minimum absolute atomic E-state index is 0.125. The van der Waals surface area contributed by atoms with Crippen molar-refractivity contribution in [3.8, 4) is 0 Å². The third-order valence-corrected chi connectivity index (χ3v) is 2.75. The molecule has 0 unspecified atom stereocenters. The quantitative estimate of drug-likeness (QED) is 0.435. The van der Waals surface area contributed by atoms with Gasteiger partial charge in [-0.15, -0.1) is 0 Å². The van der Waals surface area contributed by atoms with Crippen molar-refractivity contribution in [1.82, 2.24) is 4.72 Å². The molecule has 0 saturated heterocycles. The second kappa shape index (κ2) is 12.8. The van der Waals surface area contributed by atoms with Gasteiger partial charge in [-0.05, 0) is 6.42 Å². The number of unbranched alkanes of at least 4 members (excludes halogenated alkanes) is 7. The van der Waals surface area contributed by atoms with Gasteiger partial charge in [-0.3, -0.25) is 4.79 Å². The lowest BCUT2D eigenvalue weighted by molar-refractivity contribution is -0.123. The Morgan fingerprint density at radius 1 is 1.06 bits per heavy atom. The molecule has 1 N–H and O–H groups in total. The second-order valence-corrected chi connectivity index (χ2v) is 4.29. The first kappa shape index (κ1) is 15.8. The van der Waals surface area contributed by atoms with Gasteiger partial charge in [0.05, 0.1) is 0 Å². The van der Waals surface area contributed by atoms with E-state index in [1.807, 2.05) is 0 Å². The van der Waals surface area contributed by atoms with Crippen molar-refractivity contribution in [2.45, 2.75) is 58.3 Å². The fourth-order valence-corrected chi connectivity index (χ4v) is 1.60. The zero-order valence-corrected chi connectivity index (χ0v) is 11.2. The first-order valence-electron chi connectivity index (χ1n) is 6.32. The van der Waals surface area contributed by atoms with Gasteiger partial charge in [0.2, 0.25) is 0 Å². The van der Waals surface area contributed by atoms with E-state index in [4.69, 9.17) is 4.74 Å². The lowest BCUT2D eigenvalue weighted by Gasteiger charge is -2.03. The fourth-order valence-electron chi connectivity index (χ4n) is 1.54. The Kier molecular flexibility index (Phi) is 12.7. The molecule has 0 aliphatic carbocycles. The number of hydrogen-bond acceptors (Lipinski definition) is 3. The molecule has 0 bridgehead atoms. The first-order chi connectivity index (χ1) is 7.81. The fraction of sp³-hybridized carbons (Fsp3) is 0.917. The average molecular weight is 247 g/mol. The molecule has 0 rings (SSSR count). The third-order valence-electron chi connectivity index (χ3n) is 2.50. The van der Waals surface area contributed by atoms with Crippen LogP contribution in [0, 0.1) is 0 Å². The summed E-state index contributed by atoms with van der Waals surface area (Å²) < 4.78 is 7.40. The second-order valence-electron chi connectivity index (χ2n) is 4.06. The van der Waals surface area contributed by atoms with E-state index in [2.05, 4.69) is 24.5 Å². The molecule has 16 heavy (non-hydrogen) atoms. The predicted octanol–water partition coefficient (Wildman–Crippen LogP) is 3.10. The SMILES string of the molecule is CCCCCCCCCCOCC(=O)NS. The van der Waals surface area contributed by atoms with E-state index in [1.54, 1.807) is 0 Å². The molecular formula is C12H25NO2S. The molecule has 0 saturated carbocycles. The minimum atomic E-state index is -0.178. The van der Waals surface area contributed by atoms with Crippen LogP contribution >= 0.6 is 12.8 Å². The van der Waals surface area contributed by atoms with Gasteiger partial charge in [0.1, 0.15) is 6.61 Å². The van der Waals surface area contributed by atoms with Gasteiger partial charge in [-0.2, -0.15) is 0 Å². The number of carbonyl (C=O) groups is 1. The summed E-state index contributed by atoms with van der Waals surface area (Å²) in [6, 6.07) is 0. The molecule has 4 heteroatoms. The smallest absolute Gasteiger partial charge is 0.255 e. The van der Waals surface area contributed by atoms with Crippen molar-refractivity contribution >= 4 is 18.7 Å². The van der Waals surface area contributed by atoms with Gasteiger partial charge < -0.3 is 9.46 Å². The molecular weight excluding hydrogens is 222 g/mol. The maximum Gasteiger partial charge on any atom is 0.255 e. The van der Waals surface area contributed by atoms with Crippen LogP contribution in [0.25, 0.3) is 0 Å². The molecule has 0 atom stereocenters. The van der Waals surface area contributed by atoms with Gasteiger partial charge >= 0.3 is 0 Å². The van der Waals surface area contributed by atoms with Gasteiger partial charge in [0, 0.05) is 6.61 Å². The highest BCUT2D eigenvalue weighted by atomic mass is 32.1. The third kappa shape index (κ3) is 11.9. The molecule has 96 valence electrons. The molecule has 0 fully saturated rings. The number of hydrogen-bond donors (Lipinski definition) is 2. The summed E-state index contributed by atoms with van der Waals surface area (Å²) in [4.78, 5) is 10.7. The molecule has 0 aliphatic heterocycles. The molecule has 1 amide bonds. The van der Waals surface area contributed by atoms with Crippen LogP contribution in [0.5, 0.6) is 0 Å². The van der Waals surface area contributed by atoms with E-state index < -0.39 is 0 Å². The normalized spacial score (nSPS) is 10.4. The van der Waals surface area contributed by atoms with Crippen molar-refractivity contribution < 1.29 is 9.53 Å². The van der Waals surface area contributed by atoms with Crippen LogP contribution in [0.4, 0.5) is 0 Å². The number of nitrogens with one attached hydrogen (secondary N) is 1. The van der Waals surface area contributed by atoms with Gasteiger partial charge in [0.25, 0.3) is 5.91 Å². The lowest BCUT2D eigenvalue weighted by Crippen LogP contribution is -2.19. The minimum Gasteiger partial charge on any atom is -0.372 e. The molecule has 0 spiro atoms. The van der Waals surface area contributed by atoms with Crippen LogP contribution in [0.15, 0.2) is 0 Å². The van der Waals surface area contributed by atoms with E-state index in [0.717, 1.165) is 6.42 Å². The van der Waals surface area contributed by atoms with Crippen LogP contribution in [0.1, 0.15) is 58.3 Å². The summed E-state index contributed by atoms with van der Waals surface area (Å²) in [6.45, 7) is 3.04. The van der Waals surface area contributed by atoms with E-state index in [9.17, 15) is 4.79 Å². The summed E-state index contributed by atoms with van der Waals surface area (Å²) in [5.74, 6) is -0.178. The topological polar surface area (TPSA) is 38.3 Å². The first-order valence-corrected chi connectivity index (χ1v) is 6.76. The molecule has 0 heterocycles. The number of rotatable bonds is 11. The van der Waals surface area contributed by atoms with Crippen LogP contribution in [-0.4, -0.2) is 19.1 Å². The van der Waals surface area contributed by atoms with Crippen molar-refractivity contribution in [1.29, 1.82) is 0 Å². The van der Waals surface area contributed by atoms with E-state index in [0.29, 0.717) is 6.61 Å². The number of carbonyl (C=O) groups excluding carboxylic acids is 1. The standard InChI is InChI=1S/C12H25NO2S/c1-2-3-4-5-6-7-8-9-10-15-11-12(14)13-16/h16H,2-11H2,1H3,(H,13,14). The Morgan fingerprint density at radius 3 is 2.19 bits per heavy atom. The highest BCUT2D eigenvalue weighted by Gasteiger charge is 1.97. The highest BCUT2D eigenvalue weighted by Crippen LogP contribution is 2.08. The largest absolute Gasteiger partial charge is 0.372 e. The highest BCUT2D eigenvalue weighted by molar-refractivity contribution is 7.78. The van der Waals surface area contributed by atoms with Crippen LogP contribution in [0.3, 0.4) is 0 Å². The average Bonchev–Trinajstić information content (AvgIpc) is 2.31. The van der Waals surface area contributed by atoms with Crippen molar-refractivity contribution in [3.63, 3.8) is 0 Å². The molecule has 0 aromatic carbocycles. The summed E-state index contributed by atoms with van der Waals surface area (Å²) in [6.07, 6.45) is 10.3. The molecule has 0 aliphatic rings.